The smallest absolute Gasteiger partial charge is 0.227 e. The van der Waals surface area contributed by atoms with E-state index in [1.165, 1.54) is 142 Å². The summed E-state index contributed by atoms with van der Waals surface area (Å²) in [5, 5.41) is 11.1. The monoisotopic (exact) mass is 1750 g/mol. The summed E-state index contributed by atoms with van der Waals surface area (Å²) in [6.07, 6.45) is 23.4. The molecule has 22 rings (SSSR count). The largest absolute Gasteiger partial charge is 0.437 e. The maximum absolute atomic E-state index is 6.41. The van der Waals surface area contributed by atoms with Gasteiger partial charge in [-0.2, -0.15) is 0 Å². The SMILES string of the molecule is Cc1ccc(-c2c(C)ccc3c2oc2nc(C(C)(C)C)ccc23)[n+](C)c1.Cc1ccc(-c2c(C)ccc3c2oc2nc(C4CCCC4)ccc23)[n+](C)c1.Cc1ccc(-c2c(C)ccc3c2oc2nc(C4CCCCC4)ccc23)[n+](C)c1.Cc1ccc(-c2c(C)ccc3c2oc2nc(CC(C)(C)C)ccc23)[n+](C)c1.Cc1ccc2c(n1)oc1c(-c3cc(C)c(C)c[n+]3C)c(C)ccc12. The van der Waals surface area contributed by atoms with Crippen LogP contribution in [0.2, 0.25) is 0 Å². The van der Waals surface area contributed by atoms with Crippen molar-refractivity contribution in [2.45, 2.75) is 206 Å². The van der Waals surface area contributed by atoms with Crippen LogP contribution in [-0.4, -0.2) is 24.9 Å². The summed E-state index contributed by atoms with van der Waals surface area (Å²) in [5.41, 5.74) is 39.2. The molecule has 15 heterocycles. The minimum absolute atomic E-state index is 0.00465. The van der Waals surface area contributed by atoms with Gasteiger partial charge < -0.3 is 22.1 Å². The Morgan fingerprint density at radius 1 is 0.273 bits per heavy atom. The Morgan fingerprint density at radius 2 is 0.568 bits per heavy atom. The van der Waals surface area contributed by atoms with Crippen molar-refractivity contribution in [1.82, 2.24) is 24.9 Å². The average Bonchev–Trinajstić information content (AvgIpc) is 1.62. The van der Waals surface area contributed by atoms with E-state index >= 15 is 0 Å². The molecule has 2 aliphatic rings. The molecule has 2 aliphatic carbocycles. The molecule has 0 atom stereocenters. The van der Waals surface area contributed by atoms with Crippen molar-refractivity contribution in [2.75, 3.05) is 0 Å². The fraction of sp³-hybridized carbons (Fsp3) is 0.316. The van der Waals surface area contributed by atoms with Gasteiger partial charge in [0.25, 0.3) is 0 Å². The van der Waals surface area contributed by atoms with Crippen LogP contribution in [0.1, 0.15) is 201 Å². The quantitative estimate of drug-likeness (QED) is 0.135. The van der Waals surface area contributed by atoms with Gasteiger partial charge in [-0.3, -0.25) is 0 Å². The molecule has 15 nitrogen and oxygen atoms in total. The third kappa shape index (κ3) is 17.5. The summed E-state index contributed by atoms with van der Waals surface area (Å²) in [7, 11) is 10.5. The highest BCUT2D eigenvalue weighted by molar-refractivity contribution is 6.13. The van der Waals surface area contributed by atoms with Crippen LogP contribution in [-0.2, 0) is 47.1 Å². The van der Waals surface area contributed by atoms with E-state index in [1.807, 2.05) is 13.0 Å². The predicted molar refractivity (Wildman–Crippen MR) is 536 cm³/mol. The van der Waals surface area contributed by atoms with Gasteiger partial charge in [-0.25, -0.2) is 47.8 Å². The molecule has 0 bridgehead atoms. The molecule has 20 aromatic rings. The van der Waals surface area contributed by atoms with E-state index in [4.69, 9.17) is 42.0 Å². The Kier molecular flexibility index (Phi) is 24.1. The zero-order valence-electron chi connectivity index (χ0n) is 81.4. The van der Waals surface area contributed by atoms with Crippen LogP contribution in [0, 0.1) is 88.5 Å². The zero-order chi connectivity index (χ0) is 92.8. The normalized spacial score (nSPS) is 13.4. The summed E-state index contributed by atoms with van der Waals surface area (Å²) in [4.78, 5) is 24.1. The van der Waals surface area contributed by atoms with Gasteiger partial charge in [0, 0.05) is 158 Å². The van der Waals surface area contributed by atoms with Gasteiger partial charge in [-0.15, -0.1) is 0 Å². The van der Waals surface area contributed by atoms with Crippen molar-refractivity contribution in [3.05, 3.63) is 297 Å². The molecule has 0 radical (unpaired) electrons. The van der Waals surface area contributed by atoms with E-state index < -0.39 is 0 Å². The maximum atomic E-state index is 6.41. The van der Waals surface area contributed by atoms with Crippen LogP contribution < -0.4 is 22.8 Å². The lowest BCUT2D eigenvalue weighted by Crippen LogP contribution is -2.31. The molecule has 0 saturated heterocycles. The Morgan fingerprint density at radius 3 is 0.917 bits per heavy atom. The van der Waals surface area contributed by atoms with Gasteiger partial charge in [-0.05, 0) is 239 Å². The van der Waals surface area contributed by atoms with Gasteiger partial charge in [0.05, 0.1) is 27.8 Å². The summed E-state index contributed by atoms with van der Waals surface area (Å²) in [5.74, 6) is 1.18. The lowest BCUT2D eigenvalue weighted by Gasteiger charge is -2.20. The second-order valence-corrected chi connectivity index (χ2v) is 40.1. The van der Waals surface area contributed by atoms with Crippen LogP contribution in [0.4, 0.5) is 0 Å². The summed E-state index contributed by atoms with van der Waals surface area (Å²) in [6.45, 7) is 38.7. The van der Waals surface area contributed by atoms with Crippen LogP contribution in [0.15, 0.2) is 229 Å². The summed E-state index contributed by atoms with van der Waals surface area (Å²) >= 11 is 0. The predicted octanol–water partition coefficient (Wildman–Crippen LogP) is 27.7. The highest BCUT2D eigenvalue weighted by atomic mass is 16.4. The Bertz CT molecular complexity index is 7920. The zero-order valence-corrected chi connectivity index (χ0v) is 81.4. The molecular weight excluding hydrogens is 1630 g/mol. The number of aryl methyl sites for hydroxylation is 17. The number of rotatable bonds is 8. The van der Waals surface area contributed by atoms with Crippen molar-refractivity contribution in [1.29, 1.82) is 0 Å². The molecule has 0 N–H and O–H groups in total. The topological polar surface area (TPSA) is 150 Å². The third-order valence-corrected chi connectivity index (χ3v) is 27.2. The molecule has 15 aromatic heterocycles. The van der Waals surface area contributed by atoms with Crippen molar-refractivity contribution in [2.24, 2.45) is 40.7 Å². The number of benzene rings is 5. The van der Waals surface area contributed by atoms with Crippen LogP contribution in [0.3, 0.4) is 0 Å². The van der Waals surface area contributed by atoms with Gasteiger partial charge in [0.1, 0.15) is 35.2 Å². The molecule has 668 valence electrons. The van der Waals surface area contributed by atoms with E-state index in [-0.39, 0.29) is 10.8 Å². The van der Waals surface area contributed by atoms with E-state index in [1.54, 1.807) is 0 Å². The number of pyridine rings is 10. The second-order valence-electron chi connectivity index (χ2n) is 40.1. The number of hydrogen-bond donors (Lipinski definition) is 0. The maximum Gasteiger partial charge on any atom is 0.227 e. The molecule has 132 heavy (non-hydrogen) atoms. The second kappa shape index (κ2) is 35.7. The molecule has 0 amide bonds. The molecule has 2 saturated carbocycles. The van der Waals surface area contributed by atoms with E-state index in [0.29, 0.717) is 23.3 Å². The van der Waals surface area contributed by atoms with Gasteiger partial charge in [0.15, 0.2) is 58.9 Å². The van der Waals surface area contributed by atoms with Crippen LogP contribution in [0.5, 0.6) is 0 Å². The highest BCUT2D eigenvalue weighted by Gasteiger charge is 2.31. The third-order valence-electron chi connectivity index (χ3n) is 27.2. The molecular formula is C117H125N10O5+5. The van der Waals surface area contributed by atoms with Crippen LogP contribution in [0.25, 0.3) is 167 Å². The van der Waals surface area contributed by atoms with Gasteiger partial charge in [0.2, 0.25) is 57.0 Å². The molecule has 0 unspecified atom stereocenters. The Hall–Kier alpha value is -13.4. The lowest BCUT2D eigenvalue weighted by molar-refractivity contribution is -0.660. The first-order chi connectivity index (χ1) is 63.2. The average molecular weight is 1750 g/mol. The minimum atomic E-state index is -0.00465. The number of aromatic nitrogens is 10. The van der Waals surface area contributed by atoms with Crippen molar-refractivity contribution >= 4 is 110 Å². The Labute approximate surface area is 774 Å². The molecule has 0 aliphatic heterocycles. The van der Waals surface area contributed by atoms with Gasteiger partial charge in [-0.1, -0.05) is 134 Å². The summed E-state index contributed by atoms with van der Waals surface area (Å²) in [6, 6.07) is 62.8. The molecule has 2 fully saturated rings. The lowest BCUT2D eigenvalue weighted by atomic mass is 9.86. The first-order valence-electron chi connectivity index (χ1n) is 47.1. The Balaban J connectivity index is 0.000000111. The van der Waals surface area contributed by atoms with Crippen molar-refractivity contribution in [3.63, 3.8) is 0 Å². The fourth-order valence-electron chi connectivity index (χ4n) is 20.1. The van der Waals surface area contributed by atoms with Gasteiger partial charge >= 0.3 is 0 Å². The molecule has 0 spiro atoms. The van der Waals surface area contributed by atoms with Crippen molar-refractivity contribution in [3.8, 4) is 56.3 Å². The number of fused-ring (bicyclic) bond motifs is 15. The number of nitrogens with zero attached hydrogens (tertiary/aromatic N) is 10. The van der Waals surface area contributed by atoms with E-state index in [9.17, 15) is 0 Å². The molecule has 5 aromatic carbocycles. The first-order valence-corrected chi connectivity index (χ1v) is 47.1. The highest BCUT2D eigenvalue weighted by Crippen LogP contribution is 2.45. The fourth-order valence-corrected chi connectivity index (χ4v) is 20.1. The summed E-state index contributed by atoms with van der Waals surface area (Å²) < 4.78 is 42.5. The molecule has 15 heteroatoms. The number of hydrogen-bond acceptors (Lipinski definition) is 10. The van der Waals surface area contributed by atoms with Crippen molar-refractivity contribution < 1.29 is 44.9 Å². The standard InChI is InChI=1S/C25H27N2O.C24H25N2O.C24H27N2O.C23H25N2O.C21H21N2O/c1-16-9-14-22(27(3)15-16)23-17(2)10-11-19-20-12-13-21(18-7-5-4-6-8-18)26-25(20)28-24(19)23;1-15-8-13-21(26(3)14-15)22-16(2)9-10-18-19-11-12-20(17-6-4-5-7-17)25-24(19)27-23(18)22;1-15-7-12-20(26(6)14-15)21-16(2)8-10-18-19-11-9-17(13-24(3,4)5)25-23(19)27-22(18)21;1-14-7-11-18(25(6)13-14)20-15(2)8-9-16-17-10-12-19(23(3,4)5)24-22(17)26-21(16)20;1-12-6-8-16-17-9-7-15(4)22-21(17)24-20(16)19(12)18-10-13(2)14(3)11-23(18)5/h9-15,18H,4-8H2,1-3H3;8-14,17H,4-7H2,1-3H3;7-12,14H,13H2,1-6H3;7-13H,1-6H3;6-11H,1-5H3/q5*+1. The van der Waals surface area contributed by atoms with E-state index in [0.717, 1.165) is 167 Å². The number of furan rings is 5. The van der Waals surface area contributed by atoms with E-state index in [2.05, 4.69) is 382 Å². The first kappa shape index (κ1) is 89.2. The van der Waals surface area contributed by atoms with Crippen LogP contribution >= 0.6 is 0 Å². The minimum Gasteiger partial charge on any atom is -0.437 e.